The Labute approximate surface area is 190 Å². The van der Waals surface area contributed by atoms with Gasteiger partial charge in [0.2, 0.25) is 10.0 Å². The van der Waals surface area contributed by atoms with E-state index >= 15 is 0 Å². The Morgan fingerprint density at radius 3 is 2.19 bits per heavy atom. The van der Waals surface area contributed by atoms with Crippen LogP contribution >= 0.6 is 11.6 Å². The molecule has 0 saturated carbocycles. The number of hydrogen-bond donors (Lipinski definition) is 1. The zero-order valence-corrected chi connectivity index (χ0v) is 18.5. The standard InChI is InChI=1S/C22H19ClN2O6S/c1-15-2-12-20(13-3-15)32(29,30)24-21(16-4-6-17(23)7-5-16)14-22(26)31-19-10-8-18(9-11-19)25(27)28/h2-13,21,24H,14H2,1H3/t21-/m0/s1. The summed E-state index contributed by atoms with van der Waals surface area (Å²) in [5.74, 6) is -0.609. The normalized spacial score (nSPS) is 12.2. The third-order valence-electron chi connectivity index (χ3n) is 4.55. The van der Waals surface area contributed by atoms with E-state index in [0.29, 0.717) is 10.6 Å². The van der Waals surface area contributed by atoms with Gasteiger partial charge in [0.05, 0.1) is 22.3 Å². The largest absolute Gasteiger partial charge is 0.426 e. The molecule has 166 valence electrons. The van der Waals surface area contributed by atoms with Crippen molar-refractivity contribution in [2.24, 2.45) is 0 Å². The van der Waals surface area contributed by atoms with Crippen molar-refractivity contribution in [2.45, 2.75) is 24.3 Å². The average molecular weight is 475 g/mol. The molecule has 0 aromatic heterocycles. The van der Waals surface area contributed by atoms with E-state index in [1.54, 1.807) is 36.4 Å². The lowest BCUT2D eigenvalue weighted by Crippen LogP contribution is -2.31. The van der Waals surface area contributed by atoms with Gasteiger partial charge in [-0.2, -0.15) is 0 Å². The molecule has 0 aliphatic carbocycles. The zero-order chi connectivity index (χ0) is 23.3. The van der Waals surface area contributed by atoms with Crippen molar-refractivity contribution in [2.75, 3.05) is 0 Å². The Morgan fingerprint density at radius 1 is 1.03 bits per heavy atom. The second-order valence-electron chi connectivity index (χ2n) is 6.97. The first kappa shape index (κ1) is 23.4. The zero-order valence-electron chi connectivity index (χ0n) is 16.9. The van der Waals surface area contributed by atoms with Crippen LogP contribution in [0.2, 0.25) is 5.02 Å². The number of rotatable bonds is 8. The molecule has 0 aliphatic rings. The number of aryl methyl sites for hydroxylation is 1. The van der Waals surface area contributed by atoms with Crippen LogP contribution in [-0.2, 0) is 14.8 Å². The molecule has 3 rings (SSSR count). The Kier molecular flexibility index (Phi) is 7.24. The molecule has 0 fully saturated rings. The molecule has 1 atom stereocenters. The van der Waals surface area contributed by atoms with Gasteiger partial charge in [0, 0.05) is 17.2 Å². The third kappa shape index (κ3) is 6.13. The molecular formula is C22H19ClN2O6S. The summed E-state index contributed by atoms with van der Waals surface area (Å²) in [7, 11) is -3.93. The summed E-state index contributed by atoms with van der Waals surface area (Å²) >= 11 is 5.93. The van der Waals surface area contributed by atoms with Gasteiger partial charge < -0.3 is 4.74 Å². The Bertz CT molecular complexity index is 1210. The number of halogens is 1. The molecule has 0 heterocycles. The molecule has 0 spiro atoms. The van der Waals surface area contributed by atoms with Crippen LogP contribution in [0.1, 0.15) is 23.6 Å². The van der Waals surface area contributed by atoms with Gasteiger partial charge in [-0.25, -0.2) is 13.1 Å². The van der Waals surface area contributed by atoms with Crippen molar-refractivity contribution in [3.8, 4) is 5.75 Å². The van der Waals surface area contributed by atoms with Gasteiger partial charge in [-0.1, -0.05) is 41.4 Å². The molecule has 0 aliphatic heterocycles. The highest BCUT2D eigenvalue weighted by Gasteiger charge is 2.25. The van der Waals surface area contributed by atoms with Crippen LogP contribution in [0.15, 0.2) is 77.7 Å². The Balaban J connectivity index is 1.81. The monoisotopic (exact) mass is 474 g/mol. The highest BCUT2D eigenvalue weighted by atomic mass is 35.5. The van der Waals surface area contributed by atoms with E-state index in [2.05, 4.69) is 4.72 Å². The number of nitrogens with one attached hydrogen (secondary N) is 1. The van der Waals surface area contributed by atoms with Crippen LogP contribution in [-0.4, -0.2) is 19.3 Å². The third-order valence-corrected chi connectivity index (χ3v) is 6.29. The maximum absolute atomic E-state index is 12.9. The molecule has 8 nitrogen and oxygen atoms in total. The molecule has 0 amide bonds. The first-order valence-electron chi connectivity index (χ1n) is 9.43. The summed E-state index contributed by atoms with van der Waals surface area (Å²) in [5.41, 5.74) is 1.28. The minimum absolute atomic E-state index is 0.0609. The summed E-state index contributed by atoms with van der Waals surface area (Å²) in [6.07, 6.45) is -0.316. The number of ether oxygens (including phenoxy) is 1. The van der Waals surface area contributed by atoms with Gasteiger partial charge in [-0.05, 0) is 48.9 Å². The van der Waals surface area contributed by atoms with Crippen molar-refractivity contribution in [3.63, 3.8) is 0 Å². The van der Waals surface area contributed by atoms with Crippen LogP contribution in [0.5, 0.6) is 5.75 Å². The number of esters is 1. The summed E-state index contributed by atoms with van der Waals surface area (Å²) in [6.45, 7) is 1.84. The second-order valence-corrected chi connectivity index (χ2v) is 9.12. The van der Waals surface area contributed by atoms with Crippen molar-refractivity contribution >= 4 is 33.3 Å². The van der Waals surface area contributed by atoms with Gasteiger partial charge in [0.25, 0.3) is 5.69 Å². The number of nitrogens with zero attached hydrogens (tertiary/aromatic N) is 1. The topological polar surface area (TPSA) is 116 Å². The minimum Gasteiger partial charge on any atom is -0.426 e. The predicted molar refractivity (Wildman–Crippen MR) is 119 cm³/mol. The second kappa shape index (κ2) is 9.90. The van der Waals surface area contributed by atoms with Crippen molar-refractivity contribution in [1.29, 1.82) is 0 Å². The smallest absolute Gasteiger partial charge is 0.313 e. The van der Waals surface area contributed by atoms with Crippen molar-refractivity contribution < 1.29 is 22.9 Å². The van der Waals surface area contributed by atoms with E-state index in [1.165, 1.54) is 36.4 Å². The summed E-state index contributed by atoms with van der Waals surface area (Å²) in [6, 6.07) is 16.8. The van der Waals surface area contributed by atoms with Crippen LogP contribution in [0.3, 0.4) is 0 Å². The highest BCUT2D eigenvalue weighted by Crippen LogP contribution is 2.24. The van der Waals surface area contributed by atoms with Gasteiger partial charge in [0.1, 0.15) is 5.75 Å². The molecule has 0 bridgehead atoms. The average Bonchev–Trinajstić information content (AvgIpc) is 2.74. The number of non-ortho nitro benzene ring substituents is 1. The molecule has 0 unspecified atom stereocenters. The van der Waals surface area contributed by atoms with Crippen LogP contribution < -0.4 is 9.46 Å². The lowest BCUT2D eigenvalue weighted by Gasteiger charge is -2.19. The maximum atomic E-state index is 12.9. The Hall–Kier alpha value is -3.27. The van der Waals surface area contributed by atoms with E-state index in [1.807, 2.05) is 6.92 Å². The van der Waals surface area contributed by atoms with E-state index in [0.717, 1.165) is 5.56 Å². The molecule has 3 aromatic carbocycles. The number of benzene rings is 3. The van der Waals surface area contributed by atoms with Crippen LogP contribution in [0.25, 0.3) is 0 Å². The maximum Gasteiger partial charge on any atom is 0.313 e. The molecular weight excluding hydrogens is 456 g/mol. The quantitative estimate of drug-likeness (QED) is 0.221. The SMILES string of the molecule is Cc1ccc(S(=O)(=O)N[C@@H](CC(=O)Oc2ccc([N+](=O)[O-])cc2)c2ccc(Cl)cc2)cc1. The molecule has 32 heavy (non-hydrogen) atoms. The molecule has 10 heteroatoms. The minimum atomic E-state index is -3.93. The molecule has 0 radical (unpaired) electrons. The van der Waals surface area contributed by atoms with Crippen molar-refractivity contribution in [3.05, 3.63) is 99.1 Å². The first-order chi connectivity index (χ1) is 15.1. The number of carbonyl (C=O) groups is 1. The van der Waals surface area contributed by atoms with Crippen LogP contribution in [0.4, 0.5) is 5.69 Å². The number of nitro benzene ring substituents is 1. The summed E-state index contributed by atoms with van der Waals surface area (Å²) in [4.78, 5) is 22.8. The van der Waals surface area contributed by atoms with E-state index in [-0.39, 0.29) is 22.8 Å². The molecule has 3 aromatic rings. The van der Waals surface area contributed by atoms with Crippen LogP contribution in [0, 0.1) is 17.0 Å². The van der Waals surface area contributed by atoms with E-state index in [9.17, 15) is 23.3 Å². The predicted octanol–water partition coefficient (Wildman–Crippen LogP) is 4.57. The van der Waals surface area contributed by atoms with E-state index < -0.39 is 27.0 Å². The first-order valence-corrected chi connectivity index (χ1v) is 11.3. The molecule has 1 N–H and O–H groups in total. The fourth-order valence-electron chi connectivity index (χ4n) is 2.87. The highest BCUT2D eigenvalue weighted by molar-refractivity contribution is 7.89. The van der Waals surface area contributed by atoms with E-state index in [4.69, 9.17) is 16.3 Å². The lowest BCUT2D eigenvalue weighted by atomic mass is 10.1. The fourth-order valence-corrected chi connectivity index (χ4v) is 4.22. The summed E-state index contributed by atoms with van der Waals surface area (Å²) < 4.78 is 33.5. The van der Waals surface area contributed by atoms with Gasteiger partial charge in [0.15, 0.2) is 0 Å². The number of carbonyl (C=O) groups excluding carboxylic acids is 1. The number of nitro groups is 1. The number of sulfonamides is 1. The van der Waals surface area contributed by atoms with Gasteiger partial charge in [-0.3, -0.25) is 14.9 Å². The van der Waals surface area contributed by atoms with Gasteiger partial charge in [-0.15, -0.1) is 0 Å². The summed E-state index contributed by atoms with van der Waals surface area (Å²) in [5, 5.41) is 11.2. The number of hydrogen-bond acceptors (Lipinski definition) is 6. The van der Waals surface area contributed by atoms with Crippen molar-refractivity contribution in [1.82, 2.24) is 4.72 Å². The fraction of sp³-hybridized carbons (Fsp3) is 0.136. The molecule has 0 saturated heterocycles. The lowest BCUT2D eigenvalue weighted by molar-refractivity contribution is -0.384. The Morgan fingerprint density at radius 2 is 1.62 bits per heavy atom. The van der Waals surface area contributed by atoms with Gasteiger partial charge >= 0.3 is 5.97 Å².